The van der Waals surface area contributed by atoms with Crippen LogP contribution in [0, 0.1) is 0 Å². The molecule has 0 saturated heterocycles. The lowest BCUT2D eigenvalue weighted by Gasteiger charge is -2.11. The van der Waals surface area contributed by atoms with E-state index in [-0.39, 0.29) is 5.57 Å². The van der Waals surface area contributed by atoms with Crippen LogP contribution in [0.3, 0.4) is 0 Å². The van der Waals surface area contributed by atoms with E-state index >= 15 is 0 Å². The van der Waals surface area contributed by atoms with Gasteiger partial charge in [-0.25, -0.2) is 0 Å². The molecule has 0 heterocycles. The molecule has 0 aromatic carbocycles. The minimum absolute atomic E-state index is 0.0259. The molecule has 0 fully saturated rings. The Kier molecular flexibility index (Phi) is 2.11. The molecule has 0 N–H and O–H groups in total. The van der Waals surface area contributed by atoms with Gasteiger partial charge in [-0.1, -0.05) is 0 Å². The zero-order valence-corrected chi connectivity index (χ0v) is 6.61. The minimum Gasteiger partial charge on any atom is -0.290 e. The first kappa shape index (κ1) is 9.70. The molecule has 1 aliphatic carbocycles. The number of carbonyl (C=O) groups is 2. The summed E-state index contributed by atoms with van der Waals surface area (Å²) in [5.74, 6) is -1.93. The summed E-state index contributed by atoms with van der Waals surface area (Å²) < 4.78 is 36.1. The Morgan fingerprint density at radius 2 is 1.62 bits per heavy atom. The van der Waals surface area contributed by atoms with Crippen molar-refractivity contribution >= 4 is 11.6 Å². The number of carbonyl (C=O) groups excluding carboxylic acids is 2. The van der Waals surface area contributed by atoms with E-state index in [1.165, 1.54) is 6.92 Å². The highest BCUT2D eigenvalue weighted by atomic mass is 19.4. The Bertz CT molecular complexity index is 334. The van der Waals surface area contributed by atoms with Gasteiger partial charge in [0.2, 0.25) is 0 Å². The van der Waals surface area contributed by atoms with Crippen molar-refractivity contribution in [2.45, 2.75) is 13.1 Å². The highest BCUT2D eigenvalue weighted by Gasteiger charge is 2.39. The maximum absolute atomic E-state index is 12.0. The van der Waals surface area contributed by atoms with Gasteiger partial charge in [-0.05, 0) is 13.0 Å². The van der Waals surface area contributed by atoms with Crippen LogP contribution in [0.15, 0.2) is 23.3 Å². The molecule has 0 atom stereocenters. The standard InChI is InChI=1S/C8H5F3O2/c1-4-2-7(13)5(3-6(4)12)8(9,10)11/h2-3H,1H3. The molecule has 2 nitrogen and oxygen atoms in total. The molecular formula is C8H5F3O2. The van der Waals surface area contributed by atoms with Crippen LogP contribution in [0.25, 0.3) is 0 Å². The molecule has 1 aliphatic rings. The maximum Gasteiger partial charge on any atom is 0.420 e. The van der Waals surface area contributed by atoms with Gasteiger partial charge >= 0.3 is 6.18 Å². The fraction of sp³-hybridized carbons (Fsp3) is 0.250. The summed E-state index contributed by atoms with van der Waals surface area (Å²) in [6, 6.07) is 0. The number of hydrogen-bond donors (Lipinski definition) is 0. The zero-order chi connectivity index (χ0) is 10.2. The van der Waals surface area contributed by atoms with Gasteiger partial charge in [0.05, 0.1) is 0 Å². The predicted molar refractivity (Wildman–Crippen MR) is 37.9 cm³/mol. The van der Waals surface area contributed by atoms with E-state index in [1.54, 1.807) is 0 Å². The van der Waals surface area contributed by atoms with Gasteiger partial charge in [0.1, 0.15) is 5.57 Å². The molecule has 0 amide bonds. The first-order valence-corrected chi connectivity index (χ1v) is 3.38. The van der Waals surface area contributed by atoms with Crippen LogP contribution in [0.1, 0.15) is 6.92 Å². The van der Waals surface area contributed by atoms with Crippen molar-refractivity contribution < 1.29 is 22.8 Å². The Balaban J connectivity index is 3.11. The van der Waals surface area contributed by atoms with Crippen molar-refractivity contribution in [1.29, 1.82) is 0 Å². The van der Waals surface area contributed by atoms with Crippen molar-refractivity contribution in [1.82, 2.24) is 0 Å². The summed E-state index contributed by atoms with van der Waals surface area (Å²) in [6.07, 6.45) is -3.72. The summed E-state index contributed by atoms with van der Waals surface area (Å²) in [4.78, 5) is 21.6. The molecule has 13 heavy (non-hydrogen) atoms. The van der Waals surface area contributed by atoms with E-state index in [2.05, 4.69) is 0 Å². The monoisotopic (exact) mass is 190 g/mol. The third kappa shape index (κ3) is 1.85. The Labute approximate surface area is 71.7 Å². The highest BCUT2D eigenvalue weighted by molar-refractivity contribution is 6.20. The summed E-state index contributed by atoms with van der Waals surface area (Å²) >= 11 is 0. The van der Waals surface area contributed by atoms with Crippen molar-refractivity contribution in [3.63, 3.8) is 0 Å². The molecule has 0 unspecified atom stereocenters. The fourth-order valence-corrected chi connectivity index (χ4v) is 0.883. The van der Waals surface area contributed by atoms with Crippen LogP contribution in [-0.2, 0) is 9.59 Å². The van der Waals surface area contributed by atoms with E-state index in [0.717, 1.165) is 0 Å². The molecule has 5 heteroatoms. The lowest BCUT2D eigenvalue weighted by atomic mass is 9.98. The smallest absolute Gasteiger partial charge is 0.290 e. The van der Waals surface area contributed by atoms with Crippen molar-refractivity contribution in [2.24, 2.45) is 0 Å². The second kappa shape index (κ2) is 2.83. The van der Waals surface area contributed by atoms with E-state index in [1.807, 2.05) is 0 Å². The molecule has 70 valence electrons. The third-order valence-corrected chi connectivity index (χ3v) is 1.58. The number of allylic oxidation sites excluding steroid dienone is 4. The van der Waals surface area contributed by atoms with E-state index in [4.69, 9.17) is 0 Å². The molecule has 0 saturated carbocycles. The van der Waals surface area contributed by atoms with Gasteiger partial charge in [0, 0.05) is 11.6 Å². The topological polar surface area (TPSA) is 34.1 Å². The molecule has 0 radical (unpaired) electrons. The third-order valence-electron chi connectivity index (χ3n) is 1.58. The van der Waals surface area contributed by atoms with Gasteiger partial charge in [0.25, 0.3) is 0 Å². The lowest BCUT2D eigenvalue weighted by Crippen LogP contribution is -2.23. The van der Waals surface area contributed by atoms with Gasteiger partial charge in [-0.15, -0.1) is 0 Å². The van der Waals surface area contributed by atoms with Gasteiger partial charge in [0.15, 0.2) is 11.6 Å². The van der Waals surface area contributed by atoms with Gasteiger partial charge in [-0.2, -0.15) is 13.2 Å². The average molecular weight is 190 g/mol. The molecule has 1 rings (SSSR count). The second-order valence-electron chi connectivity index (χ2n) is 2.61. The van der Waals surface area contributed by atoms with Crippen LogP contribution in [0.2, 0.25) is 0 Å². The predicted octanol–water partition coefficient (Wildman–Crippen LogP) is 1.57. The number of alkyl halides is 3. The Hall–Kier alpha value is -1.39. The first-order chi connectivity index (χ1) is 5.82. The Morgan fingerprint density at radius 1 is 1.08 bits per heavy atom. The molecule has 0 aromatic heterocycles. The fourth-order valence-electron chi connectivity index (χ4n) is 0.883. The molecule has 0 aromatic rings. The summed E-state index contributed by atoms with van der Waals surface area (Å²) in [6.45, 7) is 1.30. The van der Waals surface area contributed by atoms with Crippen LogP contribution >= 0.6 is 0 Å². The van der Waals surface area contributed by atoms with E-state index < -0.39 is 23.3 Å². The van der Waals surface area contributed by atoms with Crippen molar-refractivity contribution in [3.8, 4) is 0 Å². The van der Waals surface area contributed by atoms with E-state index in [0.29, 0.717) is 12.2 Å². The molecular weight excluding hydrogens is 185 g/mol. The summed E-state index contributed by atoms with van der Waals surface area (Å²) in [5, 5.41) is 0. The number of ketones is 2. The zero-order valence-electron chi connectivity index (χ0n) is 6.61. The first-order valence-electron chi connectivity index (χ1n) is 3.38. The summed E-state index contributed by atoms with van der Waals surface area (Å²) in [7, 11) is 0. The normalized spacial score (nSPS) is 18.5. The van der Waals surface area contributed by atoms with Crippen LogP contribution in [-0.4, -0.2) is 17.7 Å². The second-order valence-corrected chi connectivity index (χ2v) is 2.61. The van der Waals surface area contributed by atoms with Gasteiger partial charge in [-0.3, -0.25) is 9.59 Å². The van der Waals surface area contributed by atoms with Crippen LogP contribution in [0.4, 0.5) is 13.2 Å². The SMILES string of the molecule is CC1=CC(=O)C(C(F)(F)F)=CC1=O. The number of halogens is 3. The van der Waals surface area contributed by atoms with E-state index in [9.17, 15) is 22.8 Å². The molecule has 0 aliphatic heterocycles. The number of rotatable bonds is 0. The van der Waals surface area contributed by atoms with Crippen molar-refractivity contribution in [2.75, 3.05) is 0 Å². The van der Waals surface area contributed by atoms with Crippen LogP contribution in [0.5, 0.6) is 0 Å². The van der Waals surface area contributed by atoms with Gasteiger partial charge < -0.3 is 0 Å². The molecule has 0 spiro atoms. The largest absolute Gasteiger partial charge is 0.420 e. The Morgan fingerprint density at radius 3 is 2.08 bits per heavy atom. The molecule has 0 bridgehead atoms. The quantitative estimate of drug-likeness (QED) is 0.543. The number of hydrogen-bond acceptors (Lipinski definition) is 2. The average Bonchev–Trinajstić information content (AvgIpc) is 1.94. The van der Waals surface area contributed by atoms with Crippen LogP contribution < -0.4 is 0 Å². The maximum atomic E-state index is 12.0. The minimum atomic E-state index is -4.75. The van der Waals surface area contributed by atoms with Crippen molar-refractivity contribution in [3.05, 3.63) is 23.3 Å². The highest BCUT2D eigenvalue weighted by Crippen LogP contribution is 2.29. The lowest BCUT2D eigenvalue weighted by molar-refractivity contribution is -0.127. The summed E-state index contributed by atoms with van der Waals surface area (Å²) in [5.41, 5.74) is -1.37.